The molecule has 0 spiro atoms. The second-order valence-electron chi connectivity index (χ2n) is 3.59. The first kappa shape index (κ1) is 16.3. The van der Waals surface area contributed by atoms with E-state index in [4.69, 9.17) is 4.18 Å². The van der Waals surface area contributed by atoms with Gasteiger partial charge in [-0.05, 0) is 18.6 Å². The van der Waals surface area contributed by atoms with E-state index < -0.39 is 16.8 Å². The highest BCUT2D eigenvalue weighted by Crippen LogP contribution is 2.36. The standard InChI is InChI=1S/C10H10O5S.CHF3/c1-14-10(11)6-5-7-8-3-2-4-9(7)16(12,13)15-8;2-1(3)4/h2-4H,5-6H2,1H3;1H. The van der Waals surface area contributed by atoms with E-state index in [2.05, 4.69) is 4.74 Å². The number of fused-ring (bicyclic) bond motifs is 2. The summed E-state index contributed by atoms with van der Waals surface area (Å²) in [6.45, 7) is -3.67. The minimum absolute atomic E-state index is 0.138. The Bertz CT molecular complexity index is 583. The van der Waals surface area contributed by atoms with Gasteiger partial charge in [0.25, 0.3) is 0 Å². The van der Waals surface area contributed by atoms with Gasteiger partial charge < -0.3 is 8.92 Å². The Labute approximate surface area is 113 Å². The number of ether oxygens (including phenoxy) is 1. The molecular formula is C11H11F3O5S. The number of carbonyl (C=O) groups is 1. The Morgan fingerprint density at radius 2 is 1.95 bits per heavy atom. The highest BCUT2D eigenvalue weighted by Gasteiger charge is 2.31. The number of carbonyl (C=O) groups excluding carboxylic acids is 1. The summed E-state index contributed by atoms with van der Waals surface area (Å²) in [6, 6.07) is 4.65. The van der Waals surface area contributed by atoms with Gasteiger partial charge in [-0.15, -0.1) is 0 Å². The van der Waals surface area contributed by atoms with Crippen molar-refractivity contribution in [3.63, 3.8) is 0 Å². The minimum Gasteiger partial charge on any atom is -0.469 e. The van der Waals surface area contributed by atoms with Crippen LogP contribution in [-0.4, -0.2) is 28.2 Å². The summed E-state index contributed by atoms with van der Waals surface area (Å²) in [6.07, 6.45) is 0.441. The van der Waals surface area contributed by atoms with Crippen LogP contribution < -0.4 is 4.18 Å². The van der Waals surface area contributed by atoms with Crippen molar-refractivity contribution in [2.75, 3.05) is 7.11 Å². The van der Waals surface area contributed by atoms with Crippen LogP contribution in [0.4, 0.5) is 13.2 Å². The average molecular weight is 312 g/mol. The molecule has 0 aromatic heterocycles. The van der Waals surface area contributed by atoms with Gasteiger partial charge in [0, 0.05) is 12.0 Å². The van der Waals surface area contributed by atoms with Crippen molar-refractivity contribution in [1.82, 2.24) is 0 Å². The normalized spacial score (nSPS) is 14.2. The minimum atomic E-state index is -3.67. The molecule has 0 atom stereocenters. The number of methoxy groups -OCH3 is 1. The summed E-state index contributed by atoms with van der Waals surface area (Å²) in [7, 11) is -2.36. The van der Waals surface area contributed by atoms with Crippen LogP contribution in [0.3, 0.4) is 0 Å². The van der Waals surface area contributed by atoms with Crippen molar-refractivity contribution in [3.8, 4) is 5.75 Å². The van der Waals surface area contributed by atoms with Crippen LogP contribution in [-0.2, 0) is 26.1 Å². The van der Waals surface area contributed by atoms with Crippen molar-refractivity contribution >= 4 is 16.1 Å². The Hall–Kier alpha value is -1.77. The fourth-order valence-corrected chi connectivity index (χ4v) is 2.83. The highest BCUT2D eigenvalue weighted by atomic mass is 32.2. The monoisotopic (exact) mass is 312 g/mol. The highest BCUT2D eigenvalue weighted by molar-refractivity contribution is 7.87. The van der Waals surface area contributed by atoms with Crippen LogP contribution >= 0.6 is 0 Å². The molecule has 112 valence electrons. The number of hydrogen-bond acceptors (Lipinski definition) is 5. The lowest BCUT2D eigenvalue weighted by molar-refractivity contribution is -0.140. The van der Waals surface area contributed by atoms with Gasteiger partial charge in [0.05, 0.1) is 7.11 Å². The zero-order valence-corrected chi connectivity index (χ0v) is 11.1. The molecule has 0 radical (unpaired) electrons. The van der Waals surface area contributed by atoms with Gasteiger partial charge >= 0.3 is 22.8 Å². The van der Waals surface area contributed by atoms with Crippen molar-refractivity contribution in [1.29, 1.82) is 0 Å². The molecule has 1 aliphatic rings. The number of hydrogen-bond donors (Lipinski definition) is 0. The summed E-state index contributed by atoms with van der Waals surface area (Å²) in [5, 5.41) is 0. The van der Waals surface area contributed by atoms with Gasteiger partial charge in [-0.3, -0.25) is 4.79 Å². The van der Waals surface area contributed by atoms with Crippen LogP contribution in [0.2, 0.25) is 0 Å². The van der Waals surface area contributed by atoms with Crippen LogP contribution in [0.15, 0.2) is 23.1 Å². The lowest BCUT2D eigenvalue weighted by atomic mass is 10.1. The number of esters is 1. The third-order valence-corrected chi connectivity index (χ3v) is 3.69. The Morgan fingerprint density at radius 3 is 2.45 bits per heavy atom. The maximum absolute atomic E-state index is 11.5. The van der Waals surface area contributed by atoms with Gasteiger partial charge in [-0.2, -0.15) is 21.6 Å². The van der Waals surface area contributed by atoms with Crippen molar-refractivity contribution in [3.05, 3.63) is 23.8 Å². The first-order chi connectivity index (χ1) is 9.27. The number of alkyl halides is 3. The summed E-state index contributed by atoms with van der Waals surface area (Å²) in [5.41, 5.74) is 0.549. The maximum Gasteiger partial charge on any atom is 0.379 e. The van der Waals surface area contributed by atoms with E-state index in [0.717, 1.165) is 0 Å². The number of benzene rings is 1. The third kappa shape index (κ3) is 4.12. The summed E-state index contributed by atoms with van der Waals surface area (Å²) < 4.78 is 61.2. The lowest BCUT2D eigenvalue weighted by Crippen LogP contribution is -2.03. The maximum atomic E-state index is 11.5. The first-order valence-corrected chi connectivity index (χ1v) is 6.74. The molecule has 0 aliphatic carbocycles. The second-order valence-corrected chi connectivity index (χ2v) is 5.11. The molecule has 9 heteroatoms. The zero-order valence-electron chi connectivity index (χ0n) is 10.3. The molecular weight excluding hydrogens is 301 g/mol. The quantitative estimate of drug-likeness (QED) is 0.631. The van der Waals surface area contributed by atoms with Gasteiger partial charge in [0.1, 0.15) is 10.6 Å². The number of halogens is 3. The summed E-state index contributed by atoms with van der Waals surface area (Å²) in [5.74, 6) is -0.0681. The van der Waals surface area contributed by atoms with E-state index in [1.165, 1.54) is 13.2 Å². The molecule has 1 aromatic rings. The van der Waals surface area contributed by atoms with E-state index in [1.807, 2.05) is 0 Å². The van der Waals surface area contributed by atoms with Crippen molar-refractivity contribution in [2.24, 2.45) is 0 Å². The summed E-state index contributed by atoms with van der Waals surface area (Å²) in [4.78, 5) is 11.1. The van der Waals surface area contributed by atoms with E-state index in [0.29, 0.717) is 17.7 Å². The van der Waals surface area contributed by atoms with Crippen molar-refractivity contribution < 1.29 is 35.3 Å². The molecule has 5 nitrogen and oxygen atoms in total. The Balaban J connectivity index is 0.000000444. The van der Waals surface area contributed by atoms with E-state index in [-0.39, 0.29) is 17.3 Å². The zero-order chi connectivity index (χ0) is 15.3. The third-order valence-electron chi connectivity index (χ3n) is 2.37. The molecule has 0 unspecified atom stereocenters. The average Bonchev–Trinajstić information content (AvgIpc) is 2.48. The van der Waals surface area contributed by atoms with Gasteiger partial charge in [0.2, 0.25) is 0 Å². The lowest BCUT2D eigenvalue weighted by Gasteiger charge is -1.99. The smallest absolute Gasteiger partial charge is 0.379 e. The van der Waals surface area contributed by atoms with E-state index >= 15 is 0 Å². The van der Waals surface area contributed by atoms with E-state index in [9.17, 15) is 26.4 Å². The predicted octanol–water partition coefficient (Wildman–Crippen LogP) is 2.05. The van der Waals surface area contributed by atoms with Crippen LogP contribution in [0, 0.1) is 0 Å². The van der Waals surface area contributed by atoms with Crippen molar-refractivity contribution in [2.45, 2.75) is 24.4 Å². The molecule has 0 fully saturated rings. The SMILES string of the molecule is COC(=O)CCc1c2cccc1S(=O)(=O)O2.FC(F)F. The molecule has 0 saturated carbocycles. The summed E-state index contributed by atoms with van der Waals surface area (Å²) >= 11 is 0. The van der Waals surface area contributed by atoms with Crippen LogP contribution in [0.1, 0.15) is 12.0 Å². The largest absolute Gasteiger partial charge is 0.469 e. The molecule has 1 heterocycles. The van der Waals surface area contributed by atoms with Gasteiger partial charge in [0.15, 0.2) is 0 Å². The number of rotatable bonds is 3. The molecule has 0 saturated heterocycles. The molecule has 2 bridgehead atoms. The topological polar surface area (TPSA) is 69.7 Å². The molecule has 20 heavy (non-hydrogen) atoms. The van der Waals surface area contributed by atoms with E-state index in [1.54, 1.807) is 12.1 Å². The van der Waals surface area contributed by atoms with Crippen LogP contribution in [0.25, 0.3) is 0 Å². The van der Waals surface area contributed by atoms with Gasteiger partial charge in [-0.25, -0.2) is 0 Å². The Morgan fingerprint density at radius 1 is 1.35 bits per heavy atom. The Kier molecular flexibility index (Phi) is 5.37. The fraction of sp³-hybridized carbons (Fsp3) is 0.364. The molecule has 1 aromatic carbocycles. The molecule has 0 amide bonds. The molecule has 2 rings (SSSR count). The van der Waals surface area contributed by atoms with Crippen LogP contribution in [0.5, 0.6) is 5.75 Å². The van der Waals surface area contributed by atoms with Gasteiger partial charge in [-0.1, -0.05) is 6.07 Å². The first-order valence-electron chi connectivity index (χ1n) is 5.33. The predicted molar refractivity (Wildman–Crippen MR) is 61.7 cm³/mol. The fourth-order valence-electron chi connectivity index (χ4n) is 1.60. The second kappa shape index (κ2) is 6.60. The molecule has 1 aliphatic heterocycles. The molecule has 0 N–H and O–H groups in total.